The molecular weight excluding hydrogens is 184 g/mol. The van der Waals surface area contributed by atoms with Gasteiger partial charge in [0.2, 0.25) is 5.96 Å². The standard InChI is InChI=1S/C8H14N4S/c1-2-6(11-8(9)12-10)7-4-3-5-13-7/h3-6H,2,10H2,1H3,(H3,9,11,12). The lowest BCUT2D eigenvalue weighted by molar-refractivity contribution is 0.706. The molecule has 1 aromatic rings. The first-order valence-electron chi connectivity index (χ1n) is 4.11. The average Bonchev–Trinajstić information content (AvgIpc) is 2.66. The van der Waals surface area contributed by atoms with E-state index in [1.165, 1.54) is 4.88 Å². The SMILES string of the molecule is CCC(N=C(N)NN)c1cccs1. The molecular formula is C8H14N4S. The predicted octanol–water partition coefficient (Wildman–Crippen LogP) is 0.977. The van der Waals surface area contributed by atoms with E-state index >= 15 is 0 Å². The third kappa shape index (κ3) is 2.71. The maximum atomic E-state index is 5.47. The highest BCUT2D eigenvalue weighted by Gasteiger charge is 2.08. The second-order valence-corrected chi connectivity index (χ2v) is 3.58. The van der Waals surface area contributed by atoms with Crippen molar-refractivity contribution in [2.75, 3.05) is 0 Å². The van der Waals surface area contributed by atoms with Gasteiger partial charge in [-0.2, -0.15) is 0 Å². The van der Waals surface area contributed by atoms with Crippen molar-refractivity contribution in [3.8, 4) is 0 Å². The van der Waals surface area contributed by atoms with Gasteiger partial charge >= 0.3 is 0 Å². The lowest BCUT2D eigenvalue weighted by atomic mass is 10.2. The van der Waals surface area contributed by atoms with Crippen LogP contribution in [0.15, 0.2) is 22.5 Å². The van der Waals surface area contributed by atoms with Gasteiger partial charge in [0.05, 0.1) is 6.04 Å². The van der Waals surface area contributed by atoms with Crippen molar-refractivity contribution in [3.05, 3.63) is 22.4 Å². The number of hydrogen-bond acceptors (Lipinski definition) is 3. The first kappa shape index (κ1) is 10.0. The quantitative estimate of drug-likeness (QED) is 0.293. The smallest absolute Gasteiger partial charge is 0.203 e. The summed E-state index contributed by atoms with van der Waals surface area (Å²) in [5.41, 5.74) is 7.80. The van der Waals surface area contributed by atoms with Gasteiger partial charge in [0.1, 0.15) is 0 Å². The van der Waals surface area contributed by atoms with Crippen LogP contribution in [0.5, 0.6) is 0 Å². The van der Waals surface area contributed by atoms with Crippen LogP contribution in [-0.4, -0.2) is 5.96 Å². The Bertz CT molecular complexity index is 268. The summed E-state index contributed by atoms with van der Waals surface area (Å²) >= 11 is 1.68. The van der Waals surface area contributed by atoms with E-state index in [0.717, 1.165) is 6.42 Å². The highest BCUT2D eigenvalue weighted by molar-refractivity contribution is 7.10. The summed E-state index contributed by atoms with van der Waals surface area (Å²) in [6, 6.07) is 4.17. The molecule has 5 heteroatoms. The summed E-state index contributed by atoms with van der Waals surface area (Å²) in [6.45, 7) is 2.07. The number of rotatable bonds is 3. The van der Waals surface area contributed by atoms with Gasteiger partial charge in [-0.05, 0) is 17.9 Å². The van der Waals surface area contributed by atoms with Gasteiger partial charge in [-0.3, -0.25) is 5.43 Å². The molecule has 0 aromatic carbocycles. The molecule has 0 saturated heterocycles. The van der Waals surface area contributed by atoms with E-state index in [2.05, 4.69) is 17.3 Å². The fraction of sp³-hybridized carbons (Fsp3) is 0.375. The van der Waals surface area contributed by atoms with E-state index in [4.69, 9.17) is 11.6 Å². The summed E-state index contributed by atoms with van der Waals surface area (Å²) in [6.07, 6.45) is 0.920. The van der Waals surface area contributed by atoms with Gasteiger partial charge in [0.15, 0.2) is 0 Å². The summed E-state index contributed by atoms with van der Waals surface area (Å²) in [7, 11) is 0. The van der Waals surface area contributed by atoms with Crippen molar-refractivity contribution in [3.63, 3.8) is 0 Å². The molecule has 0 radical (unpaired) electrons. The number of hydrazine groups is 1. The molecule has 0 spiro atoms. The van der Waals surface area contributed by atoms with E-state index in [0.29, 0.717) is 0 Å². The number of guanidine groups is 1. The fourth-order valence-electron chi connectivity index (χ4n) is 1.04. The zero-order chi connectivity index (χ0) is 9.68. The molecule has 0 fully saturated rings. The van der Waals surface area contributed by atoms with Crippen LogP contribution in [0.3, 0.4) is 0 Å². The number of nitrogens with one attached hydrogen (secondary N) is 1. The van der Waals surface area contributed by atoms with Crippen molar-refractivity contribution >= 4 is 17.3 Å². The van der Waals surface area contributed by atoms with Gasteiger partial charge in [-0.15, -0.1) is 11.3 Å². The molecule has 0 amide bonds. The molecule has 0 aliphatic carbocycles. The highest BCUT2D eigenvalue weighted by atomic mass is 32.1. The molecule has 5 N–H and O–H groups in total. The van der Waals surface area contributed by atoms with Crippen LogP contribution in [-0.2, 0) is 0 Å². The topological polar surface area (TPSA) is 76.4 Å². The fourth-order valence-corrected chi connectivity index (χ4v) is 1.89. The minimum Gasteiger partial charge on any atom is -0.369 e. The Morgan fingerprint density at radius 3 is 3.00 bits per heavy atom. The maximum absolute atomic E-state index is 5.47. The summed E-state index contributed by atoms with van der Waals surface area (Å²) < 4.78 is 0. The van der Waals surface area contributed by atoms with Crippen LogP contribution in [0.2, 0.25) is 0 Å². The van der Waals surface area contributed by atoms with Crippen LogP contribution in [0, 0.1) is 0 Å². The summed E-state index contributed by atoms with van der Waals surface area (Å²) in [5, 5.41) is 2.03. The van der Waals surface area contributed by atoms with Crippen LogP contribution in [0.1, 0.15) is 24.3 Å². The Morgan fingerprint density at radius 2 is 2.54 bits per heavy atom. The molecule has 1 unspecified atom stereocenters. The third-order valence-corrected chi connectivity index (χ3v) is 2.67. The van der Waals surface area contributed by atoms with Crippen LogP contribution < -0.4 is 17.0 Å². The molecule has 4 nitrogen and oxygen atoms in total. The van der Waals surface area contributed by atoms with Gasteiger partial charge < -0.3 is 5.73 Å². The first-order valence-corrected chi connectivity index (χ1v) is 4.99. The predicted molar refractivity (Wildman–Crippen MR) is 56.3 cm³/mol. The number of nitrogens with zero attached hydrogens (tertiary/aromatic N) is 1. The number of nitrogens with two attached hydrogens (primary N) is 2. The molecule has 0 aliphatic heterocycles. The Labute approximate surface area is 81.6 Å². The Kier molecular flexibility index (Phi) is 3.72. The Balaban J connectivity index is 2.75. The molecule has 1 rings (SSSR count). The normalized spacial score (nSPS) is 14.2. The molecule has 0 bridgehead atoms. The Hall–Kier alpha value is -1.07. The zero-order valence-corrected chi connectivity index (χ0v) is 8.34. The summed E-state index contributed by atoms with van der Waals surface area (Å²) in [5.74, 6) is 5.40. The molecule has 1 heterocycles. The van der Waals surface area contributed by atoms with Crippen LogP contribution in [0.25, 0.3) is 0 Å². The van der Waals surface area contributed by atoms with Crippen molar-refractivity contribution < 1.29 is 0 Å². The minimum absolute atomic E-state index is 0.121. The average molecular weight is 198 g/mol. The van der Waals surface area contributed by atoms with Gasteiger partial charge in [-0.1, -0.05) is 13.0 Å². The van der Waals surface area contributed by atoms with Crippen molar-refractivity contribution in [1.29, 1.82) is 0 Å². The van der Waals surface area contributed by atoms with Gasteiger partial charge in [0.25, 0.3) is 0 Å². The molecule has 0 aliphatic rings. The van der Waals surface area contributed by atoms with E-state index in [-0.39, 0.29) is 12.0 Å². The molecule has 1 aromatic heterocycles. The molecule has 1 atom stereocenters. The van der Waals surface area contributed by atoms with Crippen molar-refractivity contribution in [2.45, 2.75) is 19.4 Å². The lowest BCUT2D eigenvalue weighted by Crippen LogP contribution is -2.37. The van der Waals surface area contributed by atoms with Crippen LogP contribution in [0.4, 0.5) is 0 Å². The van der Waals surface area contributed by atoms with E-state index < -0.39 is 0 Å². The molecule has 72 valence electrons. The number of hydrogen-bond donors (Lipinski definition) is 3. The van der Waals surface area contributed by atoms with Crippen molar-refractivity contribution in [1.82, 2.24) is 5.43 Å². The number of thiophene rings is 1. The molecule has 0 saturated carbocycles. The minimum atomic E-state index is 0.121. The van der Waals surface area contributed by atoms with E-state index in [1.807, 2.05) is 17.5 Å². The third-order valence-electron chi connectivity index (χ3n) is 1.70. The maximum Gasteiger partial charge on any atom is 0.203 e. The second-order valence-electron chi connectivity index (χ2n) is 2.60. The van der Waals surface area contributed by atoms with Gasteiger partial charge in [-0.25, -0.2) is 10.8 Å². The van der Waals surface area contributed by atoms with E-state index in [9.17, 15) is 0 Å². The van der Waals surface area contributed by atoms with E-state index in [1.54, 1.807) is 11.3 Å². The second kappa shape index (κ2) is 4.84. The monoisotopic (exact) mass is 198 g/mol. The number of aliphatic imine (C=N–C) groups is 1. The molecule has 13 heavy (non-hydrogen) atoms. The first-order chi connectivity index (χ1) is 6.27. The summed E-state index contributed by atoms with van der Waals surface area (Å²) in [4.78, 5) is 5.43. The van der Waals surface area contributed by atoms with Crippen LogP contribution >= 0.6 is 11.3 Å². The highest BCUT2D eigenvalue weighted by Crippen LogP contribution is 2.24. The lowest BCUT2D eigenvalue weighted by Gasteiger charge is -2.08. The Morgan fingerprint density at radius 1 is 1.77 bits per heavy atom. The van der Waals surface area contributed by atoms with Gasteiger partial charge in [0, 0.05) is 4.88 Å². The van der Waals surface area contributed by atoms with Crippen molar-refractivity contribution in [2.24, 2.45) is 16.6 Å². The largest absolute Gasteiger partial charge is 0.369 e. The zero-order valence-electron chi connectivity index (χ0n) is 7.53.